The fourth-order valence-electron chi connectivity index (χ4n) is 3.18. The van der Waals surface area contributed by atoms with Crippen molar-refractivity contribution in [3.63, 3.8) is 0 Å². The van der Waals surface area contributed by atoms with Crippen LogP contribution >= 0.6 is 0 Å². The van der Waals surface area contributed by atoms with E-state index in [1.807, 2.05) is 6.07 Å². The van der Waals surface area contributed by atoms with E-state index in [0.29, 0.717) is 6.10 Å². The Bertz CT molecular complexity index is 444. The van der Waals surface area contributed by atoms with Crippen LogP contribution in [0.4, 0.5) is 0 Å². The molecule has 1 aliphatic carbocycles. The molecule has 1 aromatic carbocycles. The number of benzene rings is 1. The van der Waals surface area contributed by atoms with E-state index in [1.165, 1.54) is 11.1 Å². The maximum atomic E-state index is 5.75. The van der Waals surface area contributed by atoms with Gasteiger partial charge >= 0.3 is 0 Å². The van der Waals surface area contributed by atoms with Crippen LogP contribution in [0.2, 0.25) is 0 Å². The molecule has 1 aliphatic rings. The third-order valence-corrected chi connectivity index (χ3v) is 4.35. The summed E-state index contributed by atoms with van der Waals surface area (Å²) < 4.78 is 11.1. The number of hydrogen-bond acceptors (Lipinski definition) is 4. The van der Waals surface area contributed by atoms with Gasteiger partial charge in [-0.2, -0.15) is 0 Å². The molecule has 2 rings (SSSR count). The van der Waals surface area contributed by atoms with Crippen LogP contribution < -0.4 is 16.0 Å². The number of nitrogens with two attached hydrogens (primary N) is 1. The van der Waals surface area contributed by atoms with Gasteiger partial charge in [0.05, 0.1) is 13.2 Å². The maximum absolute atomic E-state index is 5.75. The summed E-state index contributed by atoms with van der Waals surface area (Å²) in [6.45, 7) is 4.98. The highest BCUT2D eigenvalue weighted by atomic mass is 16.5. The molecule has 1 unspecified atom stereocenters. The van der Waals surface area contributed by atoms with Crippen LogP contribution in [0, 0.1) is 12.8 Å². The molecule has 4 heteroatoms. The minimum absolute atomic E-state index is 0.285. The van der Waals surface area contributed by atoms with Crippen LogP contribution in [0.25, 0.3) is 0 Å². The molecule has 1 atom stereocenters. The number of hydrogen-bond donors (Lipinski definition) is 2. The first-order valence-electron chi connectivity index (χ1n) is 7.87. The largest absolute Gasteiger partial charge is 0.496 e. The first-order chi connectivity index (χ1) is 10.2. The summed E-state index contributed by atoms with van der Waals surface area (Å²) in [5.74, 6) is 7.42. The molecule has 4 nitrogen and oxygen atoms in total. The van der Waals surface area contributed by atoms with Crippen LogP contribution in [0.5, 0.6) is 5.75 Å². The second kappa shape index (κ2) is 7.78. The average molecular weight is 292 g/mol. The zero-order valence-corrected chi connectivity index (χ0v) is 13.4. The van der Waals surface area contributed by atoms with E-state index in [-0.39, 0.29) is 6.04 Å². The van der Waals surface area contributed by atoms with Crippen LogP contribution in [0.1, 0.15) is 37.3 Å². The maximum Gasteiger partial charge on any atom is 0.122 e. The number of rotatable bonds is 8. The Morgan fingerprint density at radius 1 is 1.38 bits per heavy atom. The van der Waals surface area contributed by atoms with Crippen molar-refractivity contribution < 1.29 is 9.47 Å². The van der Waals surface area contributed by atoms with E-state index in [4.69, 9.17) is 15.3 Å². The number of methoxy groups -OCH3 is 1. The normalized spacial score (nSPS) is 22.7. The van der Waals surface area contributed by atoms with Crippen molar-refractivity contribution in [1.82, 2.24) is 5.43 Å². The Morgan fingerprint density at radius 2 is 2.14 bits per heavy atom. The molecule has 0 heterocycles. The average Bonchev–Trinajstić information content (AvgIpc) is 2.44. The monoisotopic (exact) mass is 292 g/mol. The number of hydrazine groups is 1. The minimum Gasteiger partial charge on any atom is -0.496 e. The first-order valence-corrected chi connectivity index (χ1v) is 7.87. The fourth-order valence-corrected chi connectivity index (χ4v) is 3.18. The first kappa shape index (κ1) is 16.3. The van der Waals surface area contributed by atoms with Crippen molar-refractivity contribution in [3.05, 3.63) is 29.3 Å². The van der Waals surface area contributed by atoms with E-state index in [2.05, 4.69) is 31.4 Å². The molecule has 0 aliphatic heterocycles. The van der Waals surface area contributed by atoms with E-state index in [1.54, 1.807) is 7.11 Å². The number of nitrogens with one attached hydrogen (secondary N) is 1. The zero-order valence-electron chi connectivity index (χ0n) is 13.4. The van der Waals surface area contributed by atoms with Gasteiger partial charge in [-0.1, -0.05) is 17.7 Å². The smallest absolute Gasteiger partial charge is 0.122 e. The summed E-state index contributed by atoms with van der Waals surface area (Å²) in [6.07, 6.45) is 4.79. The Kier molecular flexibility index (Phi) is 6.03. The highest BCUT2D eigenvalue weighted by Gasteiger charge is 2.31. The lowest BCUT2D eigenvalue weighted by Crippen LogP contribution is -2.42. The molecule has 3 N–H and O–H groups in total. The predicted octanol–water partition coefficient (Wildman–Crippen LogP) is 2.58. The third kappa shape index (κ3) is 4.43. The van der Waals surface area contributed by atoms with Gasteiger partial charge in [-0.15, -0.1) is 0 Å². The van der Waals surface area contributed by atoms with Crippen molar-refractivity contribution in [3.8, 4) is 5.75 Å². The predicted molar refractivity (Wildman–Crippen MR) is 85.3 cm³/mol. The van der Waals surface area contributed by atoms with Gasteiger partial charge in [-0.3, -0.25) is 11.3 Å². The van der Waals surface area contributed by atoms with Gasteiger partial charge in [-0.05, 0) is 57.1 Å². The van der Waals surface area contributed by atoms with E-state index in [0.717, 1.165) is 44.0 Å². The van der Waals surface area contributed by atoms with Crippen molar-refractivity contribution in [2.24, 2.45) is 11.8 Å². The van der Waals surface area contributed by atoms with Crippen LogP contribution in [-0.2, 0) is 11.2 Å². The minimum atomic E-state index is 0.285. The van der Waals surface area contributed by atoms with Crippen molar-refractivity contribution in [2.45, 2.75) is 51.7 Å². The Balaban J connectivity index is 1.89. The summed E-state index contributed by atoms with van der Waals surface area (Å²) in [5.41, 5.74) is 5.45. The molecule has 1 fully saturated rings. The molecule has 118 valence electrons. The lowest BCUT2D eigenvalue weighted by molar-refractivity contribution is -0.0290. The molecular formula is C17H28N2O2. The molecule has 0 spiro atoms. The highest BCUT2D eigenvalue weighted by molar-refractivity contribution is 5.37. The Morgan fingerprint density at radius 3 is 2.76 bits per heavy atom. The molecule has 21 heavy (non-hydrogen) atoms. The SMILES string of the molecule is CCOC1CC(CC(Cc2cc(C)ccc2OC)NN)C1. The standard InChI is InChI=1S/C17H28N2O2/c1-4-21-16-9-13(10-16)8-15(19-18)11-14-7-12(2)5-6-17(14)20-3/h5-7,13,15-16,19H,4,8-11,18H2,1-3H3. The lowest BCUT2D eigenvalue weighted by Gasteiger charge is -2.37. The Hall–Kier alpha value is -1.10. The third-order valence-electron chi connectivity index (χ3n) is 4.35. The molecule has 0 saturated heterocycles. The van der Waals surface area contributed by atoms with E-state index in [9.17, 15) is 0 Å². The molecule has 1 saturated carbocycles. The number of ether oxygens (including phenoxy) is 2. The summed E-state index contributed by atoms with van der Waals surface area (Å²) in [6, 6.07) is 6.58. The second-order valence-corrected chi connectivity index (χ2v) is 6.03. The molecule has 0 radical (unpaired) electrons. The summed E-state index contributed by atoms with van der Waals surface area (Å²) in [4.78, 5) is 0. The number of aryl methyl sites for hydroxylation is 1. The highest BCUT2D eigenvalue weighted by Crippen LogP contribution is 2.34. The van der Waals surface area contributed by atoms with Crippen molar-refractivity contribution >= 4 is 0 Å². The van der Waals surface area contributed by atoms with Gasteiger partial charge in [0.25, 0.3) is 0 Å². The lowest BCUT2D eigenvalue weighted by atomic mass is 9.77. The summed E-state index contributed by atoms with van der Waals surface area (Å²) in [5, 5.41) is 0. The van der Waals surface area contributed by atoms with Gasteiger partial charge in [0.1, 0.15) is 5.75 Å². The molecular weight excluding hydrogens is 264 g/mol. The Labute approximate surface area is 128 Å². The van der Waals surface area contributed by atoms with Crippen LogP contribution in [0.3, 0.4) is 0 Å². The van der Waals surface area contributed by atoms with Gasteiger partial charge < -0.3 is 9.47 Å². The van der Waals surface area contributed by atoms with Crippen LogP contribution in [-0.4, -0.2) is 25.9 Å². The second-order valence-electron chi connectivity index (χ2n) is 6.03. The molecule has 0 aromatic heterocycles. The quantitative estimate of drug-likeness (QED) is 0.571. The summed E-state index contributed by atoms with van der Waals surface area (Å²) in [7, 11) is 1.72. The van der Waals surface area contributed by atoms with E-state index < -0.39 is 0 Å². The van der Waals surface area contributed by atoms with Gasteiger partial charge in [0.15, 0.2) is 0 Å². The van der Waals surface area contributed by atoms with Gasteiger partial charge in [0.2, 0.25) is 0 Å². The molecule has 0 amide bonds. The fraction of sp³-hybridized carbons (Fsp3) is 0.647. The molecule has 1 aromatic rings. The summed E-state index contributed by atoms with van der Waals surface area (Å²) >= 11 is 0. The molecule has 0 bridgehead atoms. The topological polar surface area (TPSA) is 56.5 Å². The van der Waals surface area contributed by atoms with E-state index >= 15 is 0 Å². The van der Waals surface area contributed by atoms with Crippen molar-refractivity contribution in [1.29, 1.82) is 0 Å². The van der Waals surface area contributed by atoms with Crippen molar-refractivity contribution in [2.75, 3.05) is 13.7 Å². The van der Waals surface area contributed by atoms with Gasteiger partial charge in [0, 0.05) is 12.6 Å². The zero-order chi connectivity index (χ0) is 15.2. The van der Waals surface area contributed by atoms with Crippen LogP contribution in [0.15, 0.2) is 18.2 Å². The van der Waals surface area contributed by atoms with Gasteiger partial charge in [-0.25, -0.2) is 0 Å².